The Morgan fingerprint density at radius 3 is 1.42 bits per heavy atom. The second kappa shape index (κ2) is 6.48. The molecular weight excluding hydrogens is 319 g/mol. The van der Waals surface area contributed by atoms with Crippen molar-refractivity contribution in [2.45, 2.75) is 52.4 Å². The molecular formula is C20H29O3P. The van der Waals surface area contributed by atoms with E-state index in [2.05, 4.69) is 41.5 Å². The first kappa shape index (κ1) is 18.9. The maximum absolute atomic E-state index is 10.4. The van der Waals surface area contributed by atoms with Crippen LogP contribution in [0.5, 0.6) is 5.75 Å². The average molecular weight is 348 g/mol. The number of benzene rings is 2. The van der Waals surface area contributed by atoms with Crippen LogP contribution in [0.4, 0.5) is 0 Å². The van der Waals surface area contributed by atoms with Gasteiger partial charge in [0.25, 0.3) is 0 Å². The van der Waals surface area contributed by atoms with Gasteiger partial charge in [0.15, 0.2) is 0 Å². The van der Waals surface area contributed by atoms with Gasteiger partial charge in [0.2, 0.25) is 0 Å². The van der Waals surface area contributed by atoms with Crippen LogP contribution in [0.1, 0.15) is 52.7 Å². The first-order valence-electron chi connectivity index (χ1n) is 8.25. The summed E-state index contributed by atoms with van der Waals surface area (Å²) in [4.78, 5) is 20.9. The summed E-state index contributed by atoms with van der Waals surface area (Å²) >= 11 is 0. The molecule has 2 rings (SSSR count). The van der Waals surface area contributed by atoms with Gasteiger partial charge in [-0.25, -0.2) is 0 Å². The Bertz CT molecular complexity index is 675. The Kier molecular flexibility index (Phi) is 5.11. The quantitative estimate of drug-likeness (QED) is 0.805. The molecule has 0 aliphatic heterocycles. The molecule has 0 atom stereocenters. The molecule has 4 heteroatoms. The van der Waals surface area contributed by atoms with E-state index in [9.17, 15) is 9.79 Å². The Balaban J connectivity index is 2.18. The zero-order valence-electron chi connectivity index (χ0n) is 15.4. The molecule has 0 saturated carbocycles. The summed E-state index contributed by atoms with van der Waals surface area (Å²) in [7, 11) is -3.97. The van der Waals surface area contributed by atoms with Crippen molar-refractivity contribution in [1.82, 2.24) is 0 Å². The van der Waals surface area contributed by atoms with E-state index < -0.39 is 7.94 Å². The molecule has 0 fully saturated rings. The van der Waals surface area contributed by atoms with Crippen LogP contribution >= 0.6 is 7.94 Å². The maximum atomic E-state index is 10.4. The van der Waals surface area contributed by atoms with E-state index >= 15 is 0 Å². The molecule has 0 heterocycles. The fourth-order valence-corrected chi connectivity index (χ4v) is 3.62. The van der Waals surface area contributed by atoms with Crippen LogP contribution in [0.25, 0.3) is 0 Å². The van der Waals surface area contributed by atoms with Gasteiger partial charge in [-0.2, -0.15) is 0 Å². The molecule has 2 aromatic carbocycles. The predicted octanol–water partition coefficient (Wildman–Crippen LogP) is 4.47. The standard InChI is InChI=1S/C20H29O3P/c1-19(2,3)15-7-11-17(12-8-15)23-24(21,22)18-13-9-16(10-14-18)20(4,5)6/h7-14,21-22,24H,1-6H3. The van der Waals surface area contributed by atoms with Crippen molar-refractivity contribution in [2.75, 3.05) is 0 Å². The fraction of sp³-hybridized carbons (Fsp3) is 0.400. The molecule has 24 heavy (non-hydrogen) atoms. The predicted molar refractivity (Wildman–Crippen MR) is 103 cm³/mol. The Labute approximate surface area is 145 Å². The van der Waals surface area contributed by atoms with Crippen molar-refractivity contribution in [3.05, 3.63) is 59.7 Å². The van der Waals surface area contributed by atoms with E-state index in [0.29, 0.717) is 11.1 Å². The zero-order chi connectivity index (χ0) is 18.2. The second-order valence-corrected chi connectivity index (χ2v) is 10.3. The van der Waals surface area contributed by atoms with Gasteiger partial charge in [0.05, 0.1) is 0 Å². The molecule has 0 aliphatic carbocycles. The van der Waals surface area contributed by atoms with Crippen molar-refractivity contribution < 1.29 is 14.3 Å². The van der Waals surface area contributed by atoms with E-state index in [1.54, 1.807) is 24.3 Å². The van der Waals surface area contributed by atoms with Crippen LogP contribution < -0.4 is 9.83 Å². The van der Waals surface area contributed by atoms with Gasteiger partial charge in [-0.1, -0.05) is 0 Å². The molecule has 0 amide bonds. The van der Waals surface area contributed by atoms with Gasteiger partial charge in [0.1, 0.15) is 0 Å². The van der Waals surface area contributed by atoms with Crippen molar-refractivity contribution in [1.29, 1.82) is 0 Å². The summed E-state index contributed by atoms with van der Waals surface area (Å²) in [5, 5.41) is 0.440. The monoisotopic (exact) mass is 348 g/mol. The van der Waals surface area contributed by atoms with E-state index in [0.717, 1.165) is 5.56 Å². The number of hydrogen-bond donors (Lipinski definition) is 2. The van der Waals surface area contributed by atoms with E-state index in [1.807, 2.05) is 24.3 Å². The van der Waals surface area contributed by atoms with Crippen LogP contribution in [0.15, 0.2) is 48.5 Å². The molecule has 3 nitrogen and oxygen atoms in total. The zero-order valence-corrected chi connectivity index (χ0v) is 16.4. The SMILES string of the molecule is CC(C)(C)c1ccc(O[PH](O)(O)c2ccc(C(C)(C)C)cc2)cc1. The summed E-state index contributed by atoms with van der Waals surface area (Å²) in [6, 6.07) is 14.8. The number of rotatable bonds is 3. The fourth-order valence-electron chi connectivity index (χ4n) is 2.43. The van der Waals surface area contributed by atoms with Crippen LogP contribution in [-0.2, 0) is 10.8 Å². The molecule has 0 bridgehead atoms. The third-order valence-electron chi connectivity index (χ3n) is 4.11. The van der Waals surface area contributed by atoms with Gasteiger partial charge in [-0.05, 0) is 0 Å². The Morgan fingerprint density at radius 2 is 1.04 bits per heavy atom. The van der Waals surface area contributed by atoms with Gasteiger partial charge in [0, 0.05) is 0 Å². The summed E-state index contributed by atoms with van der Waals surface area (Å²) in [5.41, 5.74) is 2.39. The third kappa shape index (κ3) is 4.57. The molecule has 0 radical (unpaired) electrons. The molecule has 0 aliphatic rings. The molecule has 0 saturated heterocycles. The van der Waals surface area contributed by atoms with Crippen LogP contribution in [-0.4, -0.2) is 9.79 Å². The normalized spacial score (nSPS) is 13.7. The number of hydrogen-bond acceptors (Lipinski definition) is 3. The van der Waals surface area contributed by atoms with Crippen LogP contribution in [0.3, 0.4) is 0 Å². The minimum absolute atomic E-state index is 0.0251. The Hall–Kier alpha value is -1.41. The first-order valence-corrected chi connectivity index (χ1v) is 10.1. The third-order valence-corrected chi connectivity index (χ3v) is 5.71. The first-order chi connectivity index (χ1) is 10.9. The molecule has 0 aromatic heterocycles. The summed E-state index contributed by atoms with van der Waals surface area (Å²) < 4.78 is 5.53. The van der Waals surface area contributed by atoms with Crippen molar-refractivity contribution >= 4 is 13.2 Å². The van der Waals surface area contributed by atoms with E-state index in [-0.39, 0.29) is 10.8 Å². The molecule has 2 aromatic rings. The van der Waals surface area contributed by atoms with Crippen molar-refractivity contribution in [2.24, 2.45) is 0 Å². The summed E-state index contributed by atoms with van der Waals surface area (Å²) in [5.74, 6) is 0.472. The van der Waals surface area contributed by atoms with Gasteiger partial charge in [-0.15, -0.1) is 0 Å². The Morgan fingerprint density at radius 1 is 0.667 bits per heavy atom. The second-order valence-electron chi connectivity index (χ2n) is 8.31. The van der Waals surface area contributed by atoms with Gasteiger partial charge in [-0.3, -0.25) is 0 Å². The van der Waals surface area contributed by atoms with E-state index in [4.69, 9.17) is 4.52 Å². The summed E-state index contributed by atoms with van der Waals surface area (Å²) in [6.45, 7) is 12.8. The van der Waals surface area contributed by atoms with Gasteiger partial charge >= 0.3 is 145 Å². The van der Waals surface area contributed by atoms with E-state index in [1.165, 1.54) is 5.56 Å². The average Bonchev–Trinajstić information content (AvgIpc) is 2.46. The van der Waals surface area contributed by atoms with Gasteiger partial charge < -0.3 is 0 Å². The summed E-state index contributed by atoms with van der Waals surface area (Å²) in [6.07, 6.45) is 0. The molecule has 132 valence electrons. The van der Waals surface area contributed by atoms with Crippen LogP contribution in [0.2, 0.25) is 0 Å². The molecule has 0 spiro atoms. The molecule has 2 N–H and O–H groups in total. The topological polar surface area (TPSA) is 49.7 Å². The van der Waals surface area contributed by atoms with Crippen LogP contribution in [0, 0.1) is 0 Å². The van der Waals surface area contributed by atoms with Crippen molar-refractivity contribution in [3.63, 3.8) is 0 Å². The van der Waals surface area contributed by atoms with Crippen molar-refractivity contribution in [3.8, 4) is 5.75 Å². The minimum atomic E-state index is -3.97. The molecule has 0 unspecified atom stereocenters.